The van der Waals surface area contributed by atoms with E-state index < -0.39 is 24.3 Å². The number of aliphatic carboxylic acids is 1. The third-order valence-electron chi connectivity index (χ3n) is 4.48. The van der Waals surface area contributed by atoms with E-state index in [2.05, 4.69) is 27.8 Å². The van der Waals surface area contributed by atoms with Crippen molar-refractivity contribution in [1.82, 2.24) is 0 Å². The molecule has 4 nitrogen and oxygen atoms in total. The number of alkyl halides is 3. The van der Waals surface area contributed by atoms with Gasteiger partial charge in [-0.2, -0.15) is 13.2 Å². The quantitative estimate of drug-likeness (QED) is 0.387. The third kappa shape index (κ3) is 7.02. The van der Waals surface area contributed by atoms with Gasteiger partial charge in [-0.05, 0) is 72.1 Å². The number of hydrogen-bond donors (Lipinski definition) is 1. The number of rotatable bonds is 6. The molecule has 0 radical (unpaired) electrons. The SMILES string of the molecule is Cc1cc(OCC#Cc2cc(Br)cc(-c3ccc(C(F)(F)F)cc3)c2)ccc1OCC(=O)O. The first-order valence-electron chi connectivity index (χ1n) is 9.67. The Morgan fingerprint density at radius 1 is 1.00 bits per heavy atom. The molecule has 3 rings (SSSR count). The Balaban J connectivity index is 1.67. The molecule has 0 aliphatic carbocycles. The number of halogens is 4. The van der Waals surface area contributed by atoms with E-state index in [-0.39, 0.29) is 6.61 Å². The highest BCUT2D eigenvalue weighted by Crippen LogP contribution is 2.32. The van der Waals surface area contributed by atoms with Gasteiger partial charge in [0.15, 0.2) is 6.61 Å². The van der Waals surface area contributed by atoms with Crippen LogP contribution in [-0.2, 0) is 11.0 Å². The van der Waals surface area contributed by atoms with Crippen LogP contribution < -0.4 is 9.47 Å². The lowest BCUT2D eigenvalue weighted by Crippen LogP contribution is -2.10. The van der Waals surface area contributed by atoms with Gasteiger partial charge in [-0.1, -0.05) is 39.9 Å². The van der Waals surface area contributed by atoms with Gasteiger partial charge in [0.25, 0.3) is 0 Å². The molecule has 0 fully saturated rings. The van der Waals surface area contributed by atoms with Crippen LogP contribution in [0.1, 0.15) is 16.7 Å². The highest BCUT2D eigenvalue weighted by atomic mass is 79.9. The maximum Gasteiger partial charge on any atom is 0.416 e. The summed E-state index contributed by atoms with van der Waals surface area (Å²) in [6, 6.07) is 15.4. The molecule has 0 saturated heterocycles. The monoisotopic (exact) mass is 518 g/mol. The zero-order valence-corrected chi connectivity index (χ0v) is 19.0. The molecule has 0 atom stereocenters. The molecule has 170 valence electrons. The summed E-state index contributed by atoms with van der Waals surface area (Å²) < 4.78 is 49.9. The molecule has 0 amide bonds. The summed E-state index contributed by atoms with van der Waals surface area (Å²) in [6.45, 7) is 1.46. The molecule has 0 aliphatic rings. The van der Waals surface area contributed by atoms with Crippen LogP contribution in [0.2, 0.25) is 0 Å². The number of ether oxygens (including phenoxy) is 2. The smallest absolute Gasteiger partial charge is 0.416 e. The Morgan fingerprint density at radius 3 is 2.36 bits per heavy atom. The van der Waals surface area contributed by atoms with E-state index >= 15 is 0 Å². The van der Waals surface area contributed by atoms with Crippen molar-refractivity contribution in [3.63, 3.8) is 0 Å². The fourth-order valence-electron chi connectivity index (χ4n) is 2.95. The highest BCUT2D eigenvalue weighted by Gasteiger charge is 2.29. The molecule has 0 unspecified atom stereocenters. The maximum absolute atomic E-state index is 12.8. The first-order chi connectivity index (χ1) is 15.6. The summed E-state index contributed by atoms with van der Waals surface area (Å²) in [5, 5.41) is 8.69. The second-order valence-corrected chi connectivity index (χ2v) is 7.92. The predicted molar refractivity (Wildman–Crippen MR) is 121 cm³/mol. The van der Waals surface area contributed by atoms with Gasteiger partial charge in [0.05, 0.1) is 5.56 Å². The van der Waals surface area contributed by atoms with Gasteiger partial charge < -0.3 is 14.6 Å². The van der Waals surface area contributed by atoms with E-state index in [1.165, 1.54) is 12.1 Å². The van der Waals surface area contributed by atoms with Crippen LogP contribution >= 0.6 is 15.9 Å². The molecule has 0 aromatic heterocycles. The van der Waals surface area contributed by atoms with Crippen molar-refractivity contribution in [2.24, 2.45) is 0 Å². The Hall–Kier alpha value is -3.44. The number of carboxylic acids is 1. The topological polar surface area (TPSA) is 55.8 Å². The number of carboxylic acid groups (broad SMARTS) is 1. The molecule has 33 heavy (non-hydrogen) atoms. The zero-order valence-electron chi connectivity index (χ0n) is 17.4. The minimum atomic E-state index is -4.38. The van der Waals surface area contributed by atoms with E-state index in [0.29, 0.717) is 22.6 Å². The van der Waals surface area contributed by atoms with Gasteiger partial charge in [0, 0.05) is 10.0 Å². The van der Waals surface area contributed by atoms with Crippen molar-refractivity contribution < 1.29 is 32.5 Å². The van der Waals surface area contributed by atoms with Crippen molar-refractivity contribution in [1.29, 1.82) is 0 Å². The average molecular weight is 519 g/mol. The summed E-state index contributed by atoms with van der Waals surface area (Å²) >= 11 is 3.41. The zero-order chi connectivity index (χ0) is 24.0. The molecule has 3 aromatic carbocycles. The van der Waals surface area contributed by atoms with Crippen molar-refractivity contribution in [2.45, 2.75) is 13.1 Å². The minimum absolute atomic E-state index is 0.108. The van der Waals surface area contributed by atoms with Crippen molar-refractivity contribution >= 4 is 21.9 Å². The second-order valence-electron chi connectivity index (χ2n) is 7.00. The van der Waals surface area contributed by atoms with Gasteiger partial charge in [0.1, 0.15) is 18.1 Å². The summed E-state index contributed by atoms with van der Waals surface area (Å²) in [6.07, 6.45) is -4.38. The van der Waals surface area contributed by atoms with Crippen LogP contribution in [0.15, 0.2) is 65.1 Å². The van der Waals surface area contributed by atoms with Crippen molar-refractivity contribution in [3.8, 4) is 34.5 Å². The lowest BCUT2D eigenvalue weighted by Gasteiger charge is -2.09. The normalized spacial score (nSPS) is 10.8. The van der Waals surface area contributed by atoms with Gasteiger partial charge in [-0.3, -0.25) is 0 Å². The number of carbonyl (C=O) groups is 1. The highest BCUT2D eigenvalue weighted by molar-refractivity contribution is 9.10. The van der Waals surface area contributed by atoms with E-state index in [4.69, 9.17) is 14.6 Å². The molecule has 8 heteroatoms. The lowest BCUT2D eigenvalue weighted by atomic mass is 10.0. The van der Waals surface area contributed by atoms with E-state index in [1.54, 1.807) is 43.3 Å². The molecule has 0 saturated carbocycles. The molecule has 0 spiro atoms. The Bertz CT molecular complexity index is 1210. The third-order valence-corrected chi connectivity index (χ3v) is 4.94. The van der Waals surface area contributed by atoms with Crippen LogP contribution in [0.25, 0.3) is 11.1 Å². The number of benzene rings is 3. The molecule has 0 heterocycles. The second kappa shape index (κ2) is 10.5. The summed E-state index contributed by atoms with van der Waals surface area (Å²) in [5.74, 6) is 5.86. The number of aryl methyl sites for hydroxylation is 1. The van der Waals surface area contributed by atoms with Crippen molar-refractivity contribution in [3.05, 3.63) is 81.8 Å². The Morgan fingerprint density at radius 2 is 1.73 bits per heavy atom. The van der Waals surface area contributed by atoms with Gasteiger partial charge >= 0.3 is 12.1 Å². The Labute approximate surface area is 197 Å². The average Bonchev–Trinajstić information content (AvgIpc) is 2.75. The van der Waals surface area contributed by atoms with Crippen LogP contribution in [0.4, 0.5) is 13.2 Å². The van der Waals surface area contributed by atoms with Crippen LogP contribution in [-0.4, -0.2) is 24.3 Å². The first kappa shape index (κ1) is 24.2. The number of hydrogen-bond acceptors (Lipinski definition) is 3. The van der Waals surface area contributed by atoms with E-state index in [0.717, 1.165) is 27.7 Å². The maximum atomic E-state index is 12.8. The molecular formula is C25H18BrF3O4. The molecule has 0 bridgehead atoms. The Kier molecular flexibility index (Phi) is 7.67. The van der Waals surface area contributed by atoms with E-state index in [9.17, 15) is 18.0 Å². The summed E-state index contributed by atoms with van der Waals surface area (Å²) in [5.41, 5.74) is 2.08. The van der Waals surface area contributed by atoms with Gasteiger partial charge in [0.2, 0.25) is 0 Å². The summed E-state index contributed by atoms with van der Waals surface area (Å²) in [7, 11) is 0. The fourth-order valence-corrected chi connectivity index (χ4v) is 3.44. The van der Waals surface area contributed by atoms with Crippen LogP contribution in [0.5, 0.6) is 11.5 Å². The van der Waals surface area contributed by atoms with E-state index in [1.807, 2.05) is 0 Å². The molecule has 1 N–H and O–H groups in total. The van der Waals surface area contributed by atoms with Crippen molar-refractivity contribution in [2.75, 3.05) is 13.2 Å². The fraction of sp³-hybridized carbons (Fsp3) is 0.160. The summed E-state index contributed by atoms with van der Waals surface area (Å²) in [4.78, 5) is 10.6. The minimum Gasteiger partial charge on any atom is -0.482 e. The molecular weight excluding hydrogens is 501 g/mol. The van der Waals surface area contributed by atoms with Crippen LogP contribution in [0, 0.1) is 18.8 Å². The molecule has 3 aromatic rings. The first-order valence-corrected chi connectivity index (χ1v) is 10.5. The largest absolute Gasteiger partial charge is 0.482 e. The van der Waals surface area contributed by atoms with Gasteiger partial charge in [-0.15, -0.1) is 0 Å². The lowest BCUT2D eigenvalue weighted by molar-refractivity contribution is -0.139. The molecule has 0 aliphatic heterocycles. The standard InChI is InChI=1S/C25H18BrF3O4/c1-16-11-22(8-9-23(16)33-15-24(30)31)32-10-2-3-17-12-19(14-21(26)13-17)18-4-6-20(7-5-18)25(27,28)29/h4-9,11-14H,10,15H2,1H3,(H,30,31). The van der Waals surface area contributed by atoms with Crippen LogP contribution in [0.3, 0.4) is 0 Å². The predicted octanol–water partition coefficient (Wildman–Crippen LogP) is 6.34. The van der Waals surface area contributed by atoms with Gasteiger partial charge in [-0.25, -0.2) is 4.79 Å².